The van der Waals surface area contributed by atoms with Crippen molar-refractivity contribution < 1.29 is 36.2 Å². The number of ether oxygens (including phenoxy) is 1. The Labute approximate surface area is 214 Å². The maximum Gasteiger partial charge on any atom is 0.430 e. The van der Waals surface area contributed by atoms with Gasteiger partial charge in [-0.25, -0.2) is 4.98 Å². The quantitative estimate of drug-likeness (QED) is 0.289. The van der Waals surface area contributed by atoms with Crippen LogP contribution in [0.4, 0.5) is 26.3 Å². The third-order valence-corrected chi connectivity index (χ3v) is 6.41. The number of methoxy groups -OCH3 is 1. The average molecular weight is 587 g/mol. The van der Waals surface area contributed by atoms with Crippen LogP contribution < -0.4 is 10.3 Å². The van der Waals surface area contributed by atoms with Crippen molar-refractivity contribution >= 4 is 26.8 Å². The summed E-state index contributed by atoms with van der Waals surface area (Å²) < 4.78 is 86.3. The van der Waals surface area contributed by atoms with Gasteiger partial charge in [0.1, 0.15) is 11.6 Å². The first-order valence-electron chi connectivity index (χ1n) is 10.6. The summed E-state index contributed by atoms with van der Waals surface area (Å²) in [7, 11) is 1.40. The van der Waals surface area contributed by atoms with Crippen molar-refractivity contribution in [1.82, 2.24) is 9.55 Å². The van der Waals surface area contributed by atoms with Crippen LogP contribution in [0, 0.1) is 0 Å². The summed E-state index contributed by atoms with van der Waals surface area (Å²) in [5.74, 6) is 0.535. The Morgan fingerprint density at radius 1 is 0.946 bits per heavy atom. The lowest BCUT2D eigenvalue weighted by atomic mass is 9.92. The van der Waals surface area contributed by atoms with Gasteiger partial charge in [0, 0.05) is 16.5 Å². The predicted octanol–water partition coefficient (Wildman–Crippen LogP) is 6.06. The van der Waals surface area contributed by atoms with E-state index in [2.05, 4.69) is 20.9 Å². The summed E-state index contributed by atoms with van der Waals surface area (Å²) in [6.07, 6.45) is -12.0. The van der Waals surface area contributed by atoms with Gasteiger partial charge in [-0.2, -0.15) is 26.3 Å². The topological polar surface area (TPSA) is 64.3 Å². The van der Waals surface area contributed by atoms with Crippen molar-refractivity contribution in [3.05, 3.63) is 98.5 Å². The Balaban J connectivity index is 1.97. The lowest BCUT2D eigenvalue weighted by Gasteiger charge is -2.33. The molecule has 0 saturated heterocycles. The first-order chi connectivity index (χ1) is 17.3. The minimum atomic E-state index is -6.05. The molecular weight excluding hydrogens is 570 g/mol. The Morgan fingerprint density at radius 2 is 1.59 bits per heavy atom. The summed E-state index contributed by atoms with van der Waals surface area (Å²) in [5, 5.41) is 9.90. The van der Waals surface area contributed by atoms with Crippen LogP contribution in [-0.2, 0) is 12.0 Å². The minimum absolute atomic E-state index is 0.0661. The second-order valence-electron chi connectivity index (χ2n) is 8.09. The van der Waals surface area contributed by atoms with Crippen LogP contribution in [0.3, 0.4) is 0 Å². The van der Waals surface area contributed by atoms with Crippen molar-refractivity contribution in [2.75, 3.05) is 7.11 Å². The summed E-state index contributed by atoms with van der Waals surface area (Å²) in [5.41, 5.74) is -6.19. The number of hydrogen-bond donors (Lipinski definition) is 1. The molecule has 0 bridgehead atoms. The SMILES string of the molecule is COc1ccc2nc(Cc3ccccc3)n(-c3ccc(C(O)(C(F)(F)F)C(F)(F)F)cc3Br)c(=O)c2c1. The highest BCUT2D eigenvalue weighted by molar-refractivity contribution is 9.10. The third-order valence-electron chi connectivity index (χ3n) is 5.78. The molecule has 0 fully saturated rings. The zero-order chi connectivity index (χ0) is 27.2. The molecule has 1 N–H and O–H groups in total. The van der Waals surface area contributed by atoms with E-state index in [9.17, 15) is 36.2 Å². The molecular formula is C25H17BrF6N2O3. The fourth-order valence-electron chi connectivity index (χ4n) is 3.88. The summed E-state index contributed by atoms with van der Waals surface area (Å²) in [6, 6.07) is 15.3. The van der Waals surface area contributed by atoms with Crippen LogP contribution in [0.15, 0.2) is 76.0 Å². The van der Waals surface area contributed by atoms with Gasteiger partial charge < -0.3 is 9.84 Å². The molecule has 0 spiro atoms. The molecule has 4 rings (SSSR count). The number of benzene rings is 3. The summed E-state index contributed by atoms with van der Waals surface area (Å²) >= 11 is 3.00. The number of aromatic nitrogens is 2. The van der Waals surface area contributed by atoms with Crippen LogP contribution in [-0.4, -0.2) is 34.1 Å². The van der Waals surface area contributed by atoms with Gasteiger partial charge in [0.05, 0.1) is 23.7 Å². The fraction of sp³-hybridized carbons (Fsp3) is 0.200. The zero-order valence-corrected chi connectivity index (χ0v) is 20.4. The number of hydrogen-bond acceptors (Lipinski definition) is 4. The van der Waals surface area contributed by atoms with Gasteiger partial charge >= 0.3 is 12.4 Å². The van der Waals surface area contributed by atoms with Gasteiger partial charge in [-0.1, -0.05) is 36.4 Å². The lowest BCUT2D eigenvalue weighted by Crippen LogP contribution is -2.53. The smallest absolute Gasteiger partial charge is 0.430 e. The Morgan fingerprint density at radius 3 is 2.16 bits per heavy atom. The maximum atomic E-state index is 13.6. The van der Waals surface area contributed by atoms with Crippen LogP contribution >= 0.6 is 15.9 Å². The molecule has 5 nitrogen and oxygen atoms in total. The van der Waals surface area contributed by atoms with Crippen molar-refractivity contribution in [3.63, 3.8) is 0 Å². The molecule has 3 aromatic carbocycles. The van der Waals surface area contributed by atoms with Crippen LogP contribution in [0.25, 0.3) is 16.6 Å². The van der Waals surface area contributed by atoms with E-state index in [-0.39, 0.29) is 27.8 Å². The Bertz CT molecular complexity index is 1500. The molecule has 4 aromatic rings. The van der Waals surface area contributed by atoms with Gasteiger partial charge in [0.15, 0.2) is 0 Å². The fourth-order valence-corrected chi connectivity index (χ4v) is 4.44. The molecule has 0 saturated carbocycles. The number of alkyl halides is 6. The predicted molar refractivity (Wildman–Crippen MR) is 127 cm³/mol. The van der Waals surface area contributed by atoms with E-state index in [0.29, 0.717) is 23.4 Å². The normalized spacial score (nSPS) is 12.7. The molecule has 0 aliphatic rings. The molecule has 0 amide bonds. The van der Waals surface area contributed by atoms with E-state index in [1.807, 2.05) is 0 Å². The molecule has 0 aliphatic heterocycles. The molecule has 1 heterocycles. The highest BCUT2D eigenvalue weighted by atomic mass is 79.9. The van der Waals surface area contributed by atoms with E-state index < -0.39 is 29.1 Å². The van der Waals surface area contributed by atoms with Crippen molar-refractivity contribution in [2.45, 2.75) is 24.4 Å². The lowest BCUT2D eigenvalue weighted by molar-refractivity contribution is -0.376. The molecule has 12 heteroatoms. The summed E-state index contributed by atoms with van der Waals surface area (Å²) in [4.78, 5) is 18.1. The van der Waals surface area contributed by atoms with E-state index in [4.69, 9.17) is 4.74 Å². The molecule has 0 aliphatic carbocycles. The molecule has 37 heavy (non-hydrogen) atoms. The Hall–Kier alpha value is -3.38. The second-order valence-corrected chi connectivity index (χ2v) is 8.94. The van der Waals surface area contributed by atoms with Crippen LogP contribution in [0.2, 0.25) is 0 Å². The number of aliphatic hydroxyl groups is 1. The second kappa shape index (κ2) is 9.49. The minimum Gasteiger partial charge on any atom is -0.497 e. The van der Waals surface area contributed by atoms with Crippen molar-refractivity contribution in [3.8, 4) is 11.4 Å². The van der Waals surface area contributed by atoms with E-state index in [0.717, 1.165) is 16.2 Å². The van der Waals surface area contributed by atoms with Gasteiger partial charge in [-0.3, -0.25) is 9.36 Å². The number of nitrogens with zero attached hydrogens (tertiary/aromatic N) is 2. The van der Waals surface area contributed by atoms with Crippen molar-refractivity contribution in [1.29, 1.82) is 0 Å². The first kappa shape index (κ1) is 26.7. The summed E-state index contributed by atoms with van der Waals surface area (Å²) in [6.45, 7) is 0. The number of rotatable bonds is 5. The van der Waals surface area contributed by atoms with Crippen molar-refractivity contribution in [2.24, 2.45) is 0 Å². The molecule has 0 radical (unpaired) electrons. The Kier molecular flexibility index (Phi) is 6.84. The third kappa shape index (κ3) is 4.71. The number of fused-ring (bicyclic) bond motifs is 1. The van der Waals surface area contributed by atoms with E-state index in [1.165, 1.54) is 13.2 Å². The van der Waals surface area contributed by atoms with Gasteiger partial charge in [0.2, 0.25) is 0 Å². The van der Waals surface area contributed by atoms with E-state index >= 15 is 0 Å². The highest BCUT2D eigenvalue weighted by Gasteiger charge is 2.71. The first-order valence-corrected chi connectivity index (χ1v) is 11.4. The molecule has 0 atom stereocenters. The standard InChI is InChI=1S/C25H17BrF6N2O3/c1-37-16-8-9-19-17(13-16)22(35)34(21(33-19)11-14-5-3-2-4-6-14)20-10-7-15(12-18(20)26)23(36,24(27,28)29)25(30,31)32/h2-10,12-13,36H,11H2,1H3. The van der Waals surface area contributed by atoms with Gasteiger partial charge in [0.25, 0.3) is 11.2 Å². The van der Waals surface area contributed by atoms with E-state index in [1.54, 1.807) is 42.5 Å². The monoisotopic (exact) mass is 586 g/mol. The van der Waals surface area contributed by atoms with Crippen LogP contribution in [0.1, 0.15) is 17.0 Å². The van der Waals surface area contributed by atoms with Gasteiger partial charge in [-0.15, -0.1) is 0 Å². The maximum absolute atomic E-state index is 13.6. The number of halogens is 7. The van der Waals surface area contributed by atoms with Gasteiger partial charge in [-0.05, 0) is 51.8 Å². The zero-order valence-electron chi connectivity index (χ0n) is 18.9. The molecule has 194 valence electrons. The van der Waals surface area contributed by atoms with Crippen LogP contribution in [0.5, 0.6) is 5.75 Å². The largest absolute Gasteiger partial charge is 0.497 e. The highest BCUT2D eigenvalue weighted by Crippen LogP contribution is 2.50. The molecule has 1 aromatic heterocycles. The molecule has 0 unspecified atom stereocenters. The average Bonchev–Trinajstić information content (AvgIpc) is 2.83.